The van der Waals surface area contributed by atoms with E-state index in [9.17, 15) is 18.0 Å². The number of hydrogen-bond acceptors (Lipinski definition) is 4. The second kappa shape index (κ2) is 6.04. The van der Waals surface area contributed by atoms with Gasteiger partial charge >= 0.3 is 6.18 Å². The van der Waals surface area contributed by atoms with Crippen LogP contribution < -0.4 is 4.74 Å². The van der Waals surface area contributed by atoms with Gasteiger partial charge in [0.15, 0.2) is 6.10 Å². The number of halogens is 3. The zero-order valence-corrected chi connectivity index (χ0v) is 13.0. The summed E-state index contributed by atoms with van der Waals surface area (Å²) in [5.74, 6) is -0.592. The van der Waals surface area contributed by atoms with Crippen LogP contribution >= 0.6 is 0 Å². The van der Waals surface area contributed by atoms with Crippen LogP contribution in [0.4, 0.5) is 13.2 Å². The highest BCUT2D eigenvalue weighted by molar-refractivity contribution is 5.85. The Morgan fingerprint density at radius 3 is 2.58 bits per heavy atom. The van der Waals surface area contributed by atoms with E-state index < -0.39 is 34.7 Å². The van der Waals surface area contributed by atoms with Crippen molar-refractivity contribution in [3.63, 3.8) is 0 Å². The third-order valence-corrected chi connectivity index (χ3v) is 3.78. The van der Waals surface area contributed by atoms with Crippen LogP contribution in [0.25, 0.3) is 0 Å². The second-order valence-corrected chi connectivity index (χ2v) is 6.16. The van der Waals surface area contributed by atoms with Crippen molar-refractivity contribution in [1.29, 1.82) is 10.5 Å². The Morgan fingerprint density at radius 2 is 2.04 bits per heavy atom. The summed E-state index contributed by atoms with van der Waals surface area (Å²) in [5.41, 5.74) is -2.29. The van der Waals surface area contributed by atoms with Gasteiger partial charge in [-0.05, 0) is 18.2 Å². The largest absolute Gasteiger partial charge is 0.480 e. The van der Waals surface area contributed by atoms with Crippen LogP contribution in [0, 0.1) is 28.1 Å². The van der Waals surface area contributed by atoms with Crippen LogP contribution in [0.2, 0.25) is 0 Å². The molecule has 5 nitrogen and oxygen atoms in total. The maximum absolute atomic E-state index is 13.0. The summed E-state index contributed by atoms with van der Waals surface area (Å²) < 4.78 is 44.5. The number of carbonyl (C=O) groups excluding carboxylic acids is 1. The van der Waals surface area contributed by atoms with Gasteiger partial charge in [0.2, 0.25) is 0 Å². The Kier molecular flexibility index (Phi) is 4.44. The van der Waals surface area contributed by atoms with Crippen molar-refractivity contribution in [1.82, 2.24) is 4.90 Å². The number of rotatable bonds is 3. The molecule has 0 spiro atoms. The van der Waals surface area contributed by atoms with Crippen LogP contribution in [-0.2, 0) is 11.0 Å². The highest BCUT2D eigenvalue weighted by Crippen LogP contribution is 2.37. The predicted molar refractivity (Wildman–Crippen MR) is 76.5 cm³/mol. The van der Waals surface area contributed by atoms with Crippen molar-refractivity contribution >= 4 is 5.91 Å². The molecule has 0 saturated carbocycles. The van der Waals surface area contributed by atoms with Gasteiger partial charge in [0.1, 0.15) is 12.3 Å². The summed E-state index contributed by atoms with van der Waals surface area (Å²) in [6, 6.07) is 6.31. The molecule has 0 aromatic heterocycles. The molecule has 0 radical (unpaired) electrons. The average molecular weight is 337 g/mol. The van der Waals surface area contributed by atoms with Crippen molar-refractivity contribution in [2.45, 2.75) is 26.1 Å². The Hall–Kier alpha value is -2.74. The number of nitriles is 2. The summed E-state index contributed by atoms with van der Waals surface area (Å²) in [4.78, 5) is 13.6. The minimum absolute atomic E-state index is 0.108. The van der Waals surface area contributed by atoms with E-state index in [1.54, 1.807) is 13.8 Å². The van der Waals surface area contributed by atoms with E-state index in [2.05, 4.69) is 0 Å². The quantitative estimate of drug-likeness (QED) is 0.795. The molecular formula is C16H14F3N3O2. The fraction of sp³-hybridized carbons (Fsp3) is 0.438. The number of carbonyl (C=O) groups is 1. The van der Waals surface area contributed by atoms with Gasteiger partial charge in [0.05, 0.1) is 23.3 Å². The fourth-order valence-corrected chi connectivity index (χ4v) is 2.65. The zero-order chi connectivity index (χ0) is 18.1. The molecule has 126 valence electrons. The number of amides is 1. The normalized spacial score (nSPS) is 19.7. The van der Waals surface area contributed by atoms with Crippen LogP contribution in [0.5, 0.6) is 5.75 Å². The first-order valence-electron chi connectivity index (χ1n) is 7.04. The van der Waals surface area contributed by atoms with E-state index in [1.807, 2.05) is 6.07 Å². The van der Waals surface area contributed by atoms with Gasteiger partial charge in [0, 0.05) is 12.0 Å². The highest BCUT2D eigenvalue weighted by atomic mass is 19.4. The first-order chi connectivity index (χ1) is 11.1. The third-order valence-electron chi connectivity index (χ3n) is 3.78. The van der Waals surface area contributed by atoms with Gasteiger partial charge in [-0.2, -0.15) is 23.7 Å². The van der Waals surface area contributed by atoms with Gasteiger partial charge in [-0.15, -0.1) is 0 Å². The molecule has 0 aliphatic carbocycles. The zero-order valence-electron chi connectivity index (χ0n) is 13.0. The predicted octanol–water partition coefficient (Wildman–Crippen LogP) is 2.72. The molecule has 1 heterocycles. The van der Waals surface area contributed by atoms with Gasteiger partial charge < -0.3 is 9.64 Å². The average Bonchev–Trinajstić information content (AvgIpc) is 2.70. The summed E-state index contributed by atoms with van der Waals surface area (Å²) in [5, 5.41) is 17.5. The van der Waals surface area contributed by atoms with Gasteiger partial charge in [-0.1, -0.05) is 13.8 Å². The van der Waals surface area contributed by atoms with E-state index in [1.165, 1.54) is 17.0 Å². The molecule has 1 amide bonds. The van der Waals surface area contributed by atoms with Crippen LogP contribution in [0.15, 0.2) is 18.2 Å². The van der Waals surface area contributed by atoms with Gasteiger partial charge in [-0.25, -0.2) is 0 Å². The number of hydrogen-bond donors (Lipinski definition) is 0. The summed E-state index contributed by atoms with van der Waals surface area (Å²) >= 11 is 0. The molecule has 24 heavy (non-hydrogen) atoms. The molecule has 8 heteroatoms. The molecule has 1 aliphatic rings. The van der Waals surface area contributed by atoms with E-state index in [-0.39, 0.29) is 18.8 Å². The number of ether oxygens (including phenoxy) is 1. The minimum atomic E-state index is -4.70. The van der Waals surface area contributed by atoms with Crippen molar-refractivity contribution in [3.8, 4) is 17.9 Å². The minimum Gasteiger partial charge on any atom is -0.480 e. The van der Waals surface area contributed by atoms with Crippen molar-refractivity contribution in [2.24, 2.45) is 5.41 Å². The summed E-state index contributed by atoms with van der Waals surface area (Å²) in [6.45, 7) is 3.64. The maximum atomic E-state index is 13.0. The second-order valence-electron chi connectivity index (χ2n) is 6.16. The lowest BCUT2D eigenvalue weighted by atomic mass is 9.89. The topological polar surface area (TPSA) is 77.1 Å². The van der Waals surface area contributed by atoms with Crippen molar-refractivity contribution in [2.75, 3.05) is 13.1 Å². The standard InChI is InChI=1S/C16H14F3N3O2/c1-15(2)9-22(6-5-20)14(23)13(15)24-11-4-3-10(8-21)12(7-11)16(17,18)19/h3-4,7,13H,6,9H2,1-2H3/t13-/m0/s1. The van der Waals surface area contributed by atoms with E-state index in [4.69, 9.17) is 15.3 Å². The lowest BCUT2D eigenvalue weighted by molar-refractivity contribution is -0.138. The Labute approximate surface area is 136 Å². The van der Waals surface area contributed by atoms with Crippen LogP contribution in [-0.4, -0.2) is 30.0 Å². The SMILES string of the molecule is CC1(C)CN(CC#N)C(=O)[C@@H]1Oc1ccc(C#N)c(C(F)(F)F)c1. The number of alkyl halides is 3. The van der Waals surface area contributed by atoms with E-state index in [0.717, 1.165) is 12.1 Å². The van der Waals surface area contributed by atoms with Crippen LogP contribution in [0.3, 0.4) is 0 Å². The van der Waals surface area contributed by atoms with E-state index in [0.29, 0.717) is 0 Å². The molecule has 2 rings (SSSR count). The Morgan fingerprint density at radius 1 is 1.38 bits per heavy atom. The Balaban J connectivity index is 2.33. The smallest absolute Gasteiger partial charge is 0.417 e. The van der Waals surface area contributed by atoms with Crippen molar-refractivity contribution < 1.29 is 22.7 Å². The van der Waals surface area contributed by atoms with Gasteiger partial charge in [0.25, 0.3) is 5.91 Å². The molecule has 1 saturated heterocycles. The summed E-state index contributed by atoms with van der Waals surface area (Å²) in [6.07, 6.45) is -5.70. The summed E-state index contributed by atoms with van der Waals surface area (Å²) in [7, 11) is 0. The lowest BCUT2D eigenvalue weighted by Gasteiger charge is -2.24. The molecule has 0 bridgehead atoms. The monoisotopic (exact) mass is 337 g/mol. The van der Waals surface area contributed by atoms with Crippen LogP contribution in [0.1, 0.15) is 25.0 Å². The Bertz CT molecular complexity index is 744. The lowest BCUT2D eigenvalue weighted by Crippen LogP contribution is -2.36. The first kappa shape index (κ1) is 17.6. The van der Waals surface area contributed by atoms with Gasteiger partial charge in [-0.3, -0.25) is 4.79 Å². The molecule has 1 fully saturated rings. The third kappa shape index (κ3) is 3.28. The molecule has 1 atom stereocenters. The first-order valence-corrected chi connectivity index (χ1v) is 7.04. The number of benzene rings is 1. The fourth-order valence-electron chi connectivity index (χ4n) is 2.65. The highest BCUT2D eigenvalue weighted by Gasteiger charge is 2.48. The number of nitrogens with zero attached hydrogens (tertiary/aromatic N) is 3. The van der Waals surface area contributed by atoms with Crippen molar-refractivity contribution in [3.05, 3.63) is 29.3 Å². The maximum Gasteiger partial charge on any atom is 0.417 e. The molecule has 0 N–H and O–H groups in total. The number of likely N-dealkylation sites (tertiary alicyclic amines) is 1. The van der Waals surface area contributed by atoms with E-state index >= 15 is 0 Å². The molecule has 1 aromatic rings. The molecule has 1 aliphatic heterocycles. The molecular weight excluding hydrogens is 323 g/mol. The molecule has 1 aromatic carbocycles. The molecule has 0 unspecified atom stereocenters.